The van der Waals surface area contributed by atoms with Crippen LogP contribution in [-0.2, 0) is 4.79 Å². The van der Waals surface area contributed by atoms with Crippen molar-refractivity contribution in [3.63, 3.8) is 0 Å². The van der Waals surface area contributed by atoms with Crippen LogP contribution in [0.25, 0.3) is 0 Å². The van der Waals surface area contributed by atoms with Gasteiger partial charge in [0.05, 0.1) is 5.75 Å². The molecule has 1 aromatic heterocycles. The van der Waals surface area contributed by atoms with Crippen molar-refractivity contribution in [3.8, 4) is 0 Å². The summed E-state index contributed by atoms with van der Waals surface area (Å²) in [6.07, 6.45) is 1.65. The van der Waals surface area contributed by atoms with Crippen molar-refractivity contribution in [3.05, 3.63) is 36.2 Å². The van der Waals surface area contributed by atoms with E-state index in [1.807, 2.05) is 18.4 Å². The summed E-state index contributed by atoms with van der Waals surface area (Å²) in [7, 11) is 1.56. The first kappa shape index (κ1) is 17.0. The summed E-state index contributed by atoms with van der Waals surface area (Å²) in [6, 6.07) is 7.03. The summed E-state index contributed by atoms with van der Waals surface area (Å²) < 4.78 is 1.91. The van der Waals surface area contributed by atoms with Crippen LogP contribution in [0.3, 0.4) is 0 Å². The molecule has 0 aliphatic rings. The molecule has 2 amide bonds. The highest BCUT2D eigenvalue weighted by Gasteiger charge is 2.11. The fourth-order valence-electron chi connectivity index (χ4n) is 1.90. The molecule has 0 aliphatic heterocycles. The number of nitrogens with zero attached hydrogens (tertiary/aromatic N) is 3. The standard InChI is InChI=1S/C15H19N5O2S/c1-10(2)20-9-17-19-15(20)23-8-13(21)18-12-6-4-5-11(7-12)14(22)16-3/h4-7,9-10H,8H2,1-3H3,(H,16,22)(H,18,21). The Morgan fingerprint density at radius 2 is 2.13 bits per heavy atom. The van der Waals surface area contributed by atoms with Crippen LogP contribution in [0.5, 0.6) is 0 Å². The number of amides is 2. The third-order valence-electron chi connectivity index (χ3n) is 3.06. The van der Waals surface area contributed by atoms with Gasteiger partial charge in [0.2, 0.25) is 5.91 Å². The van der Waals surface area contributed by atoms with E-state index in [-0.39, 0.29) is 23.6 Å². The van der Waals surface area contributed by atoms with Crippen LogP contribution in [-0.4, -0.2) is 39.4 Å². The van der Waals surface area contributed by atoms with Crippen LogP contribution in [0.15, 0.2) is 35.7 Å². The van der Waals surface area contributed by atoms with E-state index in [2.05, 4.69) is 20.8 Å². The predicted molar refractivity (Wildman–Crippen MR) is 89.6 cm³/mol. The molecular weight excluding hydrogens is 314 g/mol. The molecule has 1 heterocycles. The zero-order chi connectivity index (χ0) is 16.8. The minimum atomic E-state index is -0.194. The van der Waals surface area contributed by atoms with E-state index in [0.29, 0.717) is 16.4 Å². The Bertz CT molecular complexity index is 699. The Labute approximate surface area is 138 Å². The number of carbonyl (C=O) groups is 2. The summed E-state index contributed by atoms with van der Waals surface area (Å²) >= 11 is 1.32. The van der Waals surface area contributed by atoms with Gasteiger partial charge in [-0.2, -0.15) is 0 Å². The molecule has 122 valence electrons. The lowest BCUT2D eigenvalue weighted by Crippen LogP contribution is -2.19. The molecule has 2 aromatic rings. The molecule has 0 atom stereocenters. The smallest absolute Gasteiger partial charge is 0.251 e. The Balaban J connectivity index is 1.95. The van der Waals surface area contributed by atoms with E-state index in [0.717, 1.165) is 0 Å². The summed E-state index contributed by atoms with van der Waals surface area (Å²) in [5.41, 5.74) is 1.08. The second-order valence-electron chi connectivity index (χ2n) is 5.11. The monoisotopic (exact) mass is 333 g/mol. The second kappa shape index (κ2) is 7.77. The lowest BCUT2D eigenvalue weighted by Gasteiger charge is -2.10. The molecule has 0 bridgehead atoms. The zero-order valence-electron chi connectivity index (χ0n) is 13.2. The SMILES string of the molecule is CNC(=O)c1cccc(NC(=O)CSc2nncn2C(C)C)c1. The van der Waals surface area contributed by atoms with E-state index in [4.69, 9.17) is 0 Å². The normalized spacial score (nSPS) is 10.6. The van der Waals surface area contributed by atoms with Gasteiger partial charge in [0.1, 0.15) is 6.33 Å². The fourth-order valence-corrected chi connectivity index (χ4v) is 2.74. The number of aromatic nitrogens is 3. The molecule has 0 fully saturated rings. The van der Waals surface area contributed by atoms with Crippen LogP contribution in [0.4, 0.5) is 5.69 Å². The van der Waals surface area contributed by atoms with Crippen LogP contribution in [0.2, 0.25) is 0 Å². The Morgan fingerprint density at radius 3 is 2.83 bits per heavy atom. The molecule has 2 rings (SSSR count). The van der Waals surface area contributed by atoms with E-state index >= 15 is 0 Å². The number of anilines is 1. The lowest BCUT2D eigenvalue weighted by atomic mass is 10.2. The Morgan fingerprint density at radius 1 is 1.35 bits per heavy atom. The number of carbonyl (C=O) groups excluding carboxylic acids is 2. The first-order chi connectivity index (χ1) is 11.0. The quantitative estimate of drug-likeness (QED) is 0.789. The highest BCUT2D eigenvalue weighted by atomic mass is 32.2. The molecule has 0 unspecified atom stereocenters. The lowest BCUT2D eigenvalue weighted by molar-refractivity contribution is -0.113. The van der Waals surface area contributed by atoms with Crippen molar-refractivity contribution in [2.24, 2.45) is 0 Å². The largest absolute Gasteiger partial charge is 0.355 e. The third kappa shape index (κ3) is 4.56. The first-order valence-electron chi connectivity index (χ1n) is 7.15. The van der Waals surface area contributed by atoms with Crippen molar-refractivity contribution in [1.82, 2.24) is 20.1 Å². The molecule has 0 saturated carbocycles. The summed E-state index contributed by atoms with van der Waals surface area (Å²) in [4.78, 5) is 23.6. The van der Waals surface area contributed by atoms with Crippen molar-refractivity contribution in [2.45, 2.75) is 25.0 Å². The minimum absolute atomic E-state index is 0.164. The fraction of sp³-hybridized carbons (Fsp3) is 0.333. The van der Waals surface area contributed by atoms with Gasteiger partial charge in [0.15, 0.2) is 5.16 Å². The van der Waals surface area contributed by atoms with Crippen LogP contribution in [0.1, 0.15) is 30.2 Å². The van der Waals surface area contributed by atoms with Crippen LogP contribution < -0.4 is 10.6 Å². The molecule has 0 spiro atoms. The predicted octanol–water partition coefficient (Wildman–Crippen LogP) is 1.95. The van der Waals surface area contributed by atoms with Gasteiger partial charge >= 0.3 is 0 Å². The van der Waals surface area contributed by atoms with Gasteiger partial charge in [-0.3, -0.25) is 9.59 Å². The Kier molecular flexibility index (Phi) is 5.75. The molecule has 7 nitrogen and oxygen atoms in total. The maximum atomic E-state index is 12.0. The van der Waals surface area contributed by atoms with Gasteiger partial charge < -0.3 is 15.2 Å². The number of hydrogen-bond donors (Lipinski definition) is 2. The molecule has 8 heteroatoms. The maximum absolute atomic E-state index is 12.0. The zero-order valence-corrected chi connectivity index (χ0v) is 14.1. The molecular formula is C15H19N5O2S. The number of hydrogen-bond acceptors (Lipinski definition) is 5. The first-order valence-corrected chi connectivity index (χ1v) is 8.14. The molecule has 1 aromatic carbocycles. The van der Waals surface area contributed by atoms with Gasteiger partial charge in [-0.15, -0.1) is 10.2 Å². The van der Waals surface area contributed by atoms with Gasteiger partial charge in [-0.05, 0) is 32.0 Å². The summed E-state index contributed by atoms with van der Waals surface area (Å²) in [5, 5.41) is 13.9. The van der Waals surface area contributed by atoms with Gasteiger partial charge in [0.25, 0.3) is 5.91 Å². The highest BCUT2D eigenvalue weighted by molar-refractivity contribution is 7.99. The van der Waals surface area contributed by atoms with E-state index in [1.165, 1.54) is 11.8 Å². The minimum Gasteiger partial charge on any atom is -0.355 e. The third-order valence-corrected chi connectivity index (χ3v) is 4.02. The number of benzene rings is 1. The average Bonchev–Trinajstić information content (AvgIpc) is 3.01. The van der Waals surface area contributed by atoms with Crippen molar-refractivity contribution >= 4 is 29.3 Å². The summed E-state index contributed by atoms with van der Waals surface area (Å²) in [6.45, 7) is 4.05. The van der Waals surface area contributed by atoms with Gasteiger partial charge in [-0.1, -0.05) is 17.8 Å². The Hall–Kier alpha value is -2.35. The topological polar surface area (TPSA) is 88.9 Å². The van der Waals surface area contributed by atoms with Crippen LogP contribution in [0, 0.1) is 0 Å². The van der Waals surface area contributed by atoms with Crippen molar-refractivity contribution in [1.29, 1.82) is 0 Å². The van der Waals surface area contributed by atoms with Crippen LogP contribution >= 0.6 is 11.8 Å². The van der Waals surface area contributed by atoms with Gasteiger partial charge in [0, 0.05) is 24.3 Å². The number of rotatable bonds is 6. The second-order valence-corrected chi connectivity index (χ2v) is 6.05. The molecule has 0 radical (unpaired) electrons. The number of thioether (sulfide) groups is 1. The molecule has 0 saturated heterocycles. The average molecular weight is 333 g/mol. The summed E-state index contributed by atoms with van der Waals surface area (Å²) in [5.74, 6) is -0.141. The van der Waals surface area contributed by atoms with E-state index in [1.54, 1.807) is 37.6 Å². The molecule has 2 N–H and O–H groups in total. The van der Waals surface area contributed by atoms with Gasteiger partial charge in [-0.25, -0.2) is 0 Å². The van der Waals surface area contributed by atoms with Crippen molar-refractivity contribution < 1.29 is 9.59 Å². The molecule has 23 heavy (non-hydrogen) atoms. The maximum Gasteiger partial charge on any atom is 0.251 e. The van der Waals surface area contributed by atoms with Crippen molar-refractivity contribution in [2.75, 3.05) is 18.1 Å². The number of nitrogens with one attached hydrogen (secondary N) is 2. The molecule has 0 aliphatic carbocycles. The van der Waals surface area contributed by atoms with E-state index < -0.39 is 0 Å². The van der Waals surface area contributed by atoms with E-state index in [9.17, 15) is 9.59 Å². The highest BCUT2D eigenvalue weighted by Crippen LogP contribution is 2.19.